The van der Waals surface area contributed by atoms with Crippen LogP contribution in [0.4, 0.5) is 0 Å². The molecule has 23 heavy (non-hydrogen) atoms. The Balaban J connectivity index is 1.78. The fraction of sp³-hybridized carbons (Fsp3) is 0.647. The summed E-state index contributed by atoms with van der Waals surface area (Å²) < 4.78 is 24.4. The number of rotatable bonds is 4. The summed E-state index contributed by atoms with van der Waals surface area (Å²) in [5.41, 5.74) is 1.03. The van der Waals surface area contributed by atoms with Gasteiger partial charge in [0.25, 0.3) is 0 Å². The summed E-state index contributed by atoms with van der Waals surface area (Å²) in [7, 11) is -2.96. The van der Waals surface area contributed by atoms with E-state index in [0.29, 0.717) is 12.5 Å². The van der Waals surface area contributed by atoms with Crippen LogP contribution in [0.5, 0.6) is 5.75 Å². The third-order valence-electron chi connectivity index (χ3n) is 4.80. The Morgan fingerprint density at radius 2 is 1.83 bits per heavy atom. The first-order chi connectivity index (χ1) is 10.8. The summed E-state index contributed by atoms with van der Waals surface area (Å²) in [6, 6.07) is 7.41. The molecule has 0 spiro atoms. The van der Waals surface area contributed by atoms with E-state index >= 15 is 0 Å². The van der Waals surface area contributed by atoms with E-state index in [-0.39, 0.29) is 29.3 Å². The third kappa shape index (κ3) is 3.87. The van der Waals surface area contributed by atoms with Crippen molar-refractivity contribution in [3.8, 4) is 5.75 Å². The molecule has 2 aliphatic rings. The summed E-state index contributed by atoms with van der Waals surface area (Å²) in [4.78, 5) is 4.64. The lowest BCUT2D eigenvalue weighted by Gasteiger charge is -2.44. The highest BCUT2D eigenvalue weighted by Gasteiger charge is 2.46. The molecule has 0 saturated carbocycles. The molecule has 0 amide bonds. The largest absolute Gasteiger partial charge is 0.508 e. The summed E-state index contributed by atoms with van der Waals surface area (Å²) in [6.07, 6.45) is 0. The van der Waals surface area contributed by atoms with Gasteiger partial charge in [-0.1, -0.05) is 26.0 Å². The topological polar surface area (TPSA) is 60.9 Å². The zero-order valence-electron chi connectivity index (χ0n) is 13.9. The number of aromatic hydroxyl groups is 1. The van der Waals surface area contributed by atoms with Crippen LogP contribution in [0, 0.1) is 5.92 Å². The minimum atomic E-state index is -2.96. The normalized spacial score (nSPS) is 28.1. The molecule has 5 nitrogen and oxygen atoms in total. The minimum Gasteiger partial charge on any atom is -0.508 e. The monoisotopic (exact) mass is 338 g/mol. The molecule has 1 aromatic carbocycles. The number of piperazine rings is 1. The molecule has 2 heterocycles. The molecule has 3 rings (SSSR count). The van der Waals surface area contributed by atoms with Gasteiger partial charge >= 0.3 is 0 Å². The van der Waals surface area contributed by atoms with E-state index in [1.54, 1.807) is 12.1 Å². The molecule has 0 unspecified atom stereocenters. The SMILES string of the molecule is CC(C)CN1CCN(Cc2cccc(O)c2)[C@H]2CS(=O)(=O)C[C@H]21. The molecule has 0 bridgehead atoms. The van der Waals surface area contributed by atoms with Crippen molar-refractivity contribution in [2.24, 2.45) is 5.92 Å². The summed E-state index contributed by atoms with van der Waals surface area (Å²) in [5, 5.41) is 9.63. The molecule has 2 fully saturated rings. The fourth-order valence-electron chi connectivity index (χ4n) is 3.88. The van der Waals surface area contributed by atoms with Crippen LogP contribution < -0.4 is 0 Å². The van der Waals surface area contributed by atoms with E-state index in [4.69, 9.17) is 0 Å². The maximum Gasteiger partial charge on any atom is 0.153 e. The van der Waals surface area contributed by atoms with E-state index in [9.17, 15) is 13.5 Å². The van der Waals surface area contributed by atoms with Crippen molar-refractivity contribution in [3.63, 3.8) is 0 Å². The van der Waals surface area contributed by atoms with E-state index in [2.05, 4.69) is 23.6 Å². The van der Waals surface area contributed by atoms with Gasteiger partial charge in [-0.05, 0) is 23.6 Å². The smallest absolute Gasteiger partial charge is 0.153 e. The van der Waals surface area contributed by atoms with Crippen LogP contribution in [0.15, 0.2) is 24.3 Å². The summed E-state index contributed by atoms with van der Waals surface area (Å²) in [6.45, 7) is 7.79. The second kappa shape index (κ2) is 6.42. The number of fused-ring (bicyclic) bond motifs is 1. The van der Waals surface area contributed by atoms with Crippen molar-refractivity contribution >= 4 is 9.84 Å². The number of sulfone groups is 1. The van der Waals surface area contributed by atoms with Crippen LogP contribution in [0.25, 0.3) is 0 Å². The van der Waals surface area contributed by atoms with E-state index in [1.165, 1.54) is 0 Å². The maximum atomic E-state index is 12.2. The highest BCUT2D eigenvalue weighted by molar-refractivity contribution is 7.91. The number of phenolic OH excluding ortho intramolecular Hbond substituents is 1. The van der Waals surface area contributed by atoms with Crippen molar-refractivity contribution < 1.29 is 13.5 Å². The van der Waals surface area contributed by atoms with Gasteiger partial charge in [-0.15, -0.1) is 0 Å². The van der Waals surface area contributed by atoms with Gasteiger partial charge in [-0.3, -0.25) is 9.80 Å². The zero-order valence-corrected chi connectivity index (χ0v) is 14.7. The predicted octanol–water partition coefficient (Wildman–Crippen LogP) is 1.33. The van der Waals surface area contributed by atoms with E-state index in [0.717, 1.165) is 25.2 Å². The number of benzene rings is 1. The van der Waals surface area contributed by atoms with Gasteiger partial charge in [0.15, 0.2) is 9.84 Å². The van der Waals surface area contributed by atoms with Crippen LogP contribution in [-0.2, 0) is 16.4 Å². The number of hydrogen-bond donors (Lipinski definition) is 1. The maximum absolute atomic E-state index is 12.2. The Morgan fingerprint density at radius 3 is 2.48 bits per heavy atom. The van der Waals surface area contributed by atoms with Crippen LogP contribution in [0.3, 0.4) is 0 Å². The predicted molar refractivity (Wildman–Crippen MR) is 91.2 cm³/mol. The Bertz CT molecular complexity index is 660. The molecule has 0 aliphatic carbocycles. The lowest BCUT2D eigenvalue weighted by atomic mass is 10.0. The Labute approximate surface area is 138 Å². The van der Waals surface area contributed by atoms with Crippen LogP contribution in [0.2, 0.25) is 0 Å². The van der Waals surface area contributed by atoms with Crippen LogP contribution in [0.1, 0.15) is 19.4 Å². The molecule has 0 aromatic heterocycles. The zero-order chi connectivity index (χ0) is 16.6. The Morgan fingerprint density at radius 1 is 1.17 bits per heavy atom. The second-order valence-corrected chi connectivity index (χ2v) is 9.39. The molecular formula is C17H26N2O3S. The molecule has 2 saturated heterocycles. The average Bonchev–Trinajstić information content (AvgIpc) is 2.77. The van der Waals surface area contributed by atoms with Crippen LogP contribution >= 0.6 is 0 Å². The van der Waals surface area contributed by atoms with Gasteiger partial charge in [0.1, 0.15) is 5.75 Å². The van der Waals surface area contributed by atoms with Gasteiger partial charge in [-0.2, -0.15) is 0 Å². The van der Waals surface area contributed by atoms with E-state index in [1.807, 2.05) is 12.1 Å². The van der Waals surface area contributed by atoms with Gasteiger partial charge in [0.2, 0.25) is 0 Å². The van der Waals surface area contributed by atoms with Crippen molar-refractivity contribution in [2.45, 2.75) is 32.5 Å². The first kappa shape index (κ1) is 16.7. The molecule has 0 radical (unpaired) electrons. The molecule has 1 N–H and O–H groups in total. The molecule has 128 valence electrons. The Hall–Kier alpha value is -1.11. The molecule has 2 aliphatic heterocycles. The number of hydrogen-bond acceptors (Lipinski definition) is 5. The van der Waals surface area contributed by atoms with Gasteiger partial charge in [0, 0.05) is 38.3 Å². The van der Waals surface area contributed by atoms with Crippen molar-refractivity contribution in [3.05, 3.63) is 29.8 Å². The molecular weight excluding hydrogens is 312 g/mol. The van der Waals surface area contributed by atoms with Crippen molar-refractivity contribution in [1.29, 1.82) is 0 Å². The minimum absolute atomic E-state index is 0.0647. The molecule has 2 atom stereocenters. The summed E-state index contributed by atoms with van der Waals surface area (Å²) >= 11 is 0. The van der Waals surface area contributed by atoms with Gasteiger partial charge in [-0.25, -0.2) is 8.42 Å². The van der Waals surface area contributed by atoms with Gasteiger partial charge < -0.3 is 5.11 Å². The highest BCUT2D eigenvalue weighted by atomic mass is 32.2. The van der Waals surface area contributed by atoms with Gasteiger partial charge in [0.05, 0.1) is 11.5 Å². The molecule has 1 aromatic rings. The fourth-order valence-corrected chi connectivity index (χ4v) is 5.92. The first-order valence-corrected chi connectivity index (χ1v) is 10.1. The summed E-state index contributed by atoms with van der Waals surface area (Å²) in [5.74, 6) is 1.33. The van der Waals surface area contributed by atoms with E-state index < -0.39 is 9.84 Å². The molecule has 6 heteroatoms. The highest BCUT2D eigenvalue weighted by Crippen LogP contribution is 2.29. The third-order valence-corrected chi connectivity index (χ3v) is 6.50. The standard InChI is InChI=1S/C17H26N2O3S/c1-13(2)9-18-6-7-19(10-14-4-3-5-15(20)8-14)17-12-23(21,22)11-16(17)18/h3-5,8,13,16-17,20H,6-7,9-12H2,1-2H3/t16-,17+/m1/s1. The second-order valence-electron chi connectivity index (χ2n) is 7.24. The average molecular weight is 338 g/mol. The first-order valence-electron chi connectivity index (χ1n) is 8.30. The lowest BCUT2D eigenvalue weighted by molar-refractivity contribution is 0.0337. The van der Waals surface area contributed by atoms with Crippen LogP contribution in [-0.4, -0.2) is 66.5 Å². The Kier molecular flexibility index (Phi) is 4.67. The van der Waals surface area contributed by atoms with Crippen molar-refractivity contribution in [1.82, 2.24) is 9.80 Å². The van der Waals surface area contributed by atoms with Crippen molar-refractivity contribution in [2.75, 3.05) is 31.1 Å². The lowest BCUT2D eigenvalue weighted by Crippen LogP contribution is -2.59. The number of nitrogens with zero attached hydrogens (tertiary/aromatic N) is 2. The number of phenols is 1. The quantitative estimate of drug-likeness (QED) is 0.897.